The van der Waals surface area contributed by atoms with Gasteiger partial charge in [-0.15, -0.1) is 11.3 Å². The van der Waals surface area contributed by atoms with Crippen LogP contribution in [-0.4, -0.2) is 53.4 Å². The maximum Gasteiger partial charge on any atom is 0.246 e. The monoisotopic (exact) mass is 251 g/mol. The molecule has 17 heavy (non-hydrogen) atoms. The summed E-state index contributed by atoms with van der Waals surface area (Å²) in [5.41, 5.74) is 2.62. The van der Waals surface area contributed by atoms with E-state index in [0.717, 1.165) is 25.3 Å². The summed E-state index contributed by atoms with van der Waals surface area (Å²) in [6.07, 6.45) is 3.40. The van der Waals surface area contributed by atoms with Crippen LogP contribution in [0, 0.1) is 0 Å². The van der Waals surface area contributed by atoms with Gasteiger partial charge in [0, 0.05) is 37.1 Å². The minimum Gasteiger partial charge on any atom is -0.334 e. The lowest BCUT2D eigenvalue weighted by molar-refractivity contribution is -0.130. The Labute approximate surface area is 106 Å². The van der Waals surface area contributed by atoms with E-state index in [4.69, 9.17) is 0 Å². The fraction of sp³-hybridized carbons (Fsp3) is 0.500. The molecular weight excluding hydrogens is 234 g/mol. The maximum atomic E-state index is 12.0. The number of hydrogen-bond acceptors (Lipinski definition) is 4. The van der Waals surface area contributed by atoms with Crippen molar-refractivity contribution < 1.29 is 4.79 Å². The largest absolute Gasteiger partial charge is 0.334 e. The molecule has 0 radical (unpaired) electrons. The molecule has 0 N–H and O–H groups in total. The Morgan fingerprint density at radius 2 is 2.41 bits per heavy atom. The number of thiazole rings is 1. The van der Waals surface area contributed by atoms with Crippen LogP contribution in [0.25, 0.3) is 6.08 Å². The molecule has 1 aliphatic heterocycles. The number of rotatable bonds is 2. The summed E-state index contributed by atoms with van der Waals surface area (Å²) < 4.78 is 0. The van der Waals surface area contributed by atoms with Gasteiger partial charge in [0.2, 0.25) is 5.91 Å². The zero-order valence-electron chi connectivity index (χ0n) is 10.2. The van der Waals surface area contributed by atoms with Gasteiger partial charge < -0.3 is 9.80 Å². The maximum absolute atomic E-state index is 12.0. The molecule has 5 heteroatoms. The summed E-state index contributed by atoms with van der Waals surface area (Å²) in [6, 6.07) is 0.279. The molecule has 0 bridgehead atoms. The second kappa shape index (κ2) is 5.42. The average molecular weight is 251 g/mol. The number of nitrogens with zero attached hydrogens (tertiary/aromatic N) is 3. The van der Waals surface area contributed by atoms with Gasteiger partial charge in [0.05, 0.1) is 11.2 Å². The van der Waals surface area contributed by atoms with Crippen LogP contribution >= 0.6 is 11.3 Å². The van der Waals surface area contributed by atoms with Gasteiger partial charge in [0.15, 0.2) is 0 Å². The standard InChI is InChI=1S/C12H17N3OS/c1-10-7-14(2)5-6-15(10)12(16)4-3-11-8-17-9-13-11/h3-4,8-10H,5-7H2,1-2H3. The molecule has 1 aromatic rings. The molecule has 4 nitrogen and oxygen atoms in total. The molecule has 0 saturated carbocycles. The van der Waals surface area contributed by atoms with Gasteiger partial charge in [-0.2, -0.15) is 0 Å². The first kappa shape index (κ1) is 12.3. The van der Waals surface area contributed by atoms with Gasteiger partial charge >= 0.3 is 0 Å². The Morgan fingerprint density at radius 3 is 3.06 bits per heavy atom. The molecule has 2 heterocycles. The van der Waals surface area contributed by atoms with Gasteiger partial charge in [0.25, 0.3) is 0 Å². The highest BCUT2D eigenvalue weighted by Gasteiger charge is 2.23. The lowest BCUT2D eigenvalue weighted by Crippen LogP contribution is -2.52. The fourth-order valence-electron chi connectivity index (χ4n) is 2.02. The van der Waals surface area contributed by atoms with Crippen molar-refractivity contribution in [1.29, 1.82) is 0 Å². The predicted molar refractivity (Wildman–Crippen MR) is 69.8 cm³/mol. The molecule has 1 atom stereocenters. The van der Waals surface area contributed by atoms with Gasteiger partial charge in [0.1, 0.15) is 0 Å². The Morgan fingerprint density at radius 1 is 1.59 bits per heavy atom. The van der Waals surface area contributed by atoms with E-state index >= 15 is 0 Å². The second-order valence-electron chi connectivity index (χ2n) is 4.39. The molecule has 1 aliphatic rings. The fourth-order valence-corrected chi connectivity index (χ4v) is 2.55. The van der Waals surface area contributed by atoms with E-state index in [2.05, 4.69) is 23.9 Å². The number of hydrogen-bond donors (Lipinski definition) is 0. The molecule has 1 saturated heterocycles. The van der Waals surface area contributed by atoms with Crippen LogP contribution in [-0.2, 0) is 4.79 Å². The summed E-state index contributed by atoms with van der Waals surface area (Å²) in [5.74, 6) is 0.0820. The first-order chi connectivity index (χ1) is 8.16. The van der Waals surface area contributed by atoms with E-state index in [1.807, 2.05) is 10.3 Å². The van der Waals surface area contributed by atoms with Crippen molar-refractivity contribution in [2.24, 2.45) is 0 Å². The second-order valence-corrected chi connectivity index (χ2v) is 5.11. The molecule has 1 unspecified atom stereocenters. The minimum atomic E-state index is 0.0820. The Balaban J connectivity index is 1.96. The minimum absolute atomic E-state index is 0.0820. The Bertz CT molecular complexity index is 402. The molecular formula is C12H17N3OS. The number of carbonyl (C=O) groups is 1. The van der Waals surface area contributed by atoms with Gasteiger partial charge in [-0.3, -0.25) is 4.79 Å². The molecule has 1 fully saturated rings. The molecule has 2 rings (SSSR count). The van der Waals surface area contributed by atoms with E-state index in [1.165, 1.54) is 11.3 Å². The van der Waals surface area contributed by atoms with Crippen LogP contribution in [0.1, 0.15) is 12.6 Å². The van der Waals surface area contributed by atoms with Crippen molar-refractivity contribution >= 4 is 23.3 Å². The van der Waals surface area contributed by atoms with Crippen LogP contribution in [0.3, 0.4) is 0 Å². The normalized spacial score (nSPS) is 22.2. The summed E-state index contributed by atoms with van der Waals surface area (Å²) in [6.45, 7) is 4.78. The smallest absolute Gasteiger partial charge is 0.246 e. The molecule has 0 aliphatic carbocycles. The lowest BCUT2D eigenvalue weighted by atomic mass is 10.2. The zero-order valence-corrected chi connectivity index (χ0v) is 11.0. The van der Waals surface area contributed by atoms with Crippen molar-refractivity contribution in [2.75, 3.05) is 26.7 Å². The number of carbonyl (C=O) groups excluding carboxylic acids is 1. The van der Waals surface area contributed by atoms with E-state index < -0.39 is 0 Å². The number of likely N-dealkylation sites (N-methyl/N-ethyl adjacent to an activating group) is 1. The first-order valence-corrected chi connectivity index (χ1v) is 6.66. The third-order valence-electron chi connectivity index (χ3n) is 2.96. The van der Waals surface area contributed by atoms with E-state index in [9.17, 15) is 4.79 Å². The molecule has 1 aromatic heterocycles. The quantitative estimate of drug-likeness (QED) is 0.744. The molecule has 0 aromatic carbocycles. The Hall–Kier alpha value is -1.20. The molecule has 92 valence electrons. The van der Waals surface area contributed by atoms with Crippen molar-refractivity contribution in [3.63, 3.8) is 0 Å². The van der Waals surface area contributed by atoms with Gasteiger partial charge in [-0.05, 0) is 20.0 Å². The van der Waals surface area contributed by atoms with Gasteiger partial charge in [-0.1, -0.05) is 0 Å². The van der Waals surface area contributed by atoms with E-state index in [1.54, 1.807) is 17.7 Å². The highest BCUT2D eigenvalue weighted by molar-refractivity contribution is 7.07. The SMILES string of the molecule is CC1CN(C)CCN1C(=O)C=Cc1cscn1. The summed E-state index contributed by atoms with van der Waals surface area (Å²) in [5, 5.41) is 1.93. The van der Waals surface area contributed by atoms with Crippen molar-refractivity contribution in [2.45, 2.75) is 13.0 Å². The summed E-state index contributed by atoms with van der Waals surface area (Å²) in [4.78, 5) is 20.3. The van der Waals surface area contributed by atoms with Crippen molar-refractivity contribution in [3.8, 4) is 0 Å². The van der Waals surface area contributed by atoms with Crippen LogP contribution in [0.2, 0.25) is 0 Å². The zero-order chi connectivity index (χ0) is 12.3. The number of amides is 1. The van der Waals surface area contributed by atoms with Crippen molar-refractivity contribution in [3.05, 3.63) is 22.7 Å². The highest BCUT2D eigenvalue weighted by Crippen LogP contribution is 2.10. The van der Waals surface area contributed by atoms with E-state index in [0.29, 0.717) is 0 Å². The third kappa shape index (κ3) is 3.14. The van der Waals surface area contributed by atoms with Crippen LogP contribution in [0.15, 0.2) is 17.0 Å². The van der Waals surface area contributed by atoms with Crippen LogP contribution in [0.4, 0.5) is 0 Å². The Kier molecular flexibility index (Phi) is 3.91. The third-order valence-corrected chi connectivity index (χ3v) is 3.57. The van der Waals surface area contributed by atoms with Crippen LogP contribution < -0.4 is 0 Å². The van der Waals surface area contributed by atoms with Crippen LogP contribution in [0.5, 0.6) is 0 Å². The lowest BCUT2D eigenvalue weighted by Gasteiger charge is -2.37. The summed E-state index contributed by atoms with van der Waals surface area (Å²) >= 11 is 1.53. The van der Waals surface area contributed by atoms with E-state index in [-0.39, 0.29) is 11.9 Å². The number of piperazine rings is 1. The predicted octanol–water partition coefficient (Wildman–Crippen LogP) is 1.32. The highest BCUT2D eigenvalue weighted by atomic mass is 32.1. The first-order valence-electron chi connectivity index (χ1n) is 5.72. The van der Waals surface area contributed by atoms with Crippen molar-refractivity contribution in [1.82, 2.24) is 14.8 Å². The molecule has 1 amide bonds. The topological polar surface area (TPSA) is 36.4 Å². The number of aromatic nitrogens is 1. The summed E-state index contributed by atoms with van der Waals surface area (Å²) in [7, 11) is 2.09. The molecule has 0 spiro atoms. The average Bonchev–Trinajstić information content (AvgIpc) is 2.78. The van der Waals surface area contributed by atoms with Gasteiger partial charge in [-0.25, -0.2) is 4.98 Å².